The Hall–Kier alpha value is -2.89. The summed E-state index contributed by atoms with van der Waals surface area (Å²) in [6.07, 6.45) is 0.829. The summed E-state index contributed by atoms with van der Waals surface area (Å²) in [5.41, 5.74) is 1.67. The molecular formula is C20H23FN2O3. The summed E-state index contributed by atoms with van der Waals surface area (Å²) in [6, 6.07) is 13.3. The van der Waals surface area contributed by atoms with E-state index in [2.05, 4.69) is 5.32 Å². The third kappa shape index (κ3) is 5.88. The third-order valence-corrected chi connectivity index (χ3v) is 3.98. The number of nitrogens with one attached hydrogen (secondary N) is 1. The zero-order chi connectivity index (χ0) is 18.9. The number of hydrogen-bond donors (Lipinski definition) is 1. The number of rotatable bonds is 8. The molecule has 5 nitrogen and oxygen atoms in total. The van der Waals surface area contributed by atoms with Crippen molar-refractivity contribution in [3.8, 4) is 5.75 Å². The van der Waals surface area contributed by atoms with Crippen LogP contribution in [-0.4, -0.2) is 32.0 Å². The zero-order valence-electron chi connectivity index (χ0n) is 15.0. The standard InChI is InChI=1S/C20H23FN2O3/c1-15(24)23(18-7-9-19(26-2)10-8-18)14-12-20(25)22-13-11-16-3-5-17(21)6-4-16/h3-10H,11-14H2,1-2H3,(H,22,25). The van der Waals surface area contributed by atoms with E-state index in [1.165, 1.54) is 19.1 Å². The van der Waals surface area contributed by atoms with Crippen LogP contribution in [0.2, 0.25) is 0 Å². The molecule has 0 aromatic heterocycles. The van der Waals surface area contributed by atoms with Crippen molar-refractivity contribution < 1.29 is 18.7 Å². The molecule has 0 heterocycles. The molecule has 0 bridgehead atoms. The summed E-state index contributed by atoms with van der Waals surface area (Å²) >= 11 is 0. The van der Waals surface area contributed by atoms with Gasteiger partial charge in [0.2, 0.25) is 11.8 Å². The number of carbonyl (C=O) groups is 2. The fourth-order valence-electron chi connectivity index (χ4n) is 2.53. The Morgan fingerprint density at radius 2 is 1.73 bits per heavy atom. The Bertz CT molecular complexity index is 730. The molecule has 2 aromatic rings. The Kier molecular flexibility index (Phi) is 7.14. The molecule has 2 rings (SSSR count). The van der Waals surface area contributed by atoms with Crippen LogP contribution in [0.5, 0.6) is 5.75 Å². The quantitative estimate of drug-likeness (QED) is 0.789. The van der Waals surface area contributed by atoms with E-state index in [1.807, 2.05) is 0 Å². The lowest BCUT2D eigenvalue weighted by Crippen LogP contribution is -2.34. The predicted molar refractivity (Wildman–Crippen MR) is 98.8 cm³/mol. The molecule has 26 heavy (non-hydrogen) atoms. The number of anilines is 1. The first-order valence-electron chi connectivity index (χ1n) is 8.43. The summed E-state index contributed by atoms with van der Waals surface area (Å²) in [7, 11) is 1.58. The number of carbonyl (C=O) groups excluding carboxylic acids is 2. The van der Waals surface area contributed by atoms with Gasteiger partial charge < -0.3 is 15.0 Å². The predicted octanol–water partition coefficient (Wildman–Crippen LogP) is 2.94. The molecule has 2 amide bonds. The Labute approximate surface area is 152 Å². The second kappa shape index (κ2) is 9.56. The van der Waals surface area contributed by atoms with Crippen molar-refractivity contribution in [1.82, 2.24) is 5.32 Å². The first-order chi connectivity index (χ1) is 12.5. The highest BCUT2D eigenvalue weighted by molar-refractivity contribution is 5.92. The van der Waals surface area contributed by atoms with E-state index in [1.54, 1.807) is 48.4 Å². The first kappa shape index (κ1) is 19.4. The molecule has 0 radical (unpaired) electrons. The van der Waals surface area contributed by atoms with Gasteiger partial charge in [-0.2, -0.15) is 0 Å². The average Bonchev–Trinajstić information content (AvgIpc) is 2.64. The lowest BCUT2D eigenvalue weighted by molar-refractivity contribution is -0.121. The average molecular weight is 358 g/mol. The van der Waals surface area contributed by atoms with Crippen molar-refractivity contribution in [2.75, 3.05) is 25.1 Å². The second-order valence-corrected chi connectivity index (χ2v) is 5.85. The van der Waals surface area contributed by atoms with E-state index < -0.39 is 0 Å². The highest BCUT2D eigenvalue weighted by Crippen LogP contribution is 2.19. The van der Waals surface area contributed by atoms with Crippen molar-refractivity contribution in [1.29, 1.82) is 0 Å². The molecular weight excluding hydrogens is 335 g/mol. The van der Waals surface area contributed by atoms with Crippen molar-refractivity contribution in [2.24, 2.45) is 0 Å². The van der Waals surface area contributed by atoms with E-state index in [9.17, 15) is 14.0 Å². The fraction of sp³-hybridized carbons (Fsp3) is 0.300. The molecule has 0 aliphatic rings. The topological polar surface area (TPSA) is 58.6 Å². The highest BCUT2D eigenvalue weighted by Gasteiger charge is 2.13. The minimum Gasteiger partial charge on any atom is -0.497 e. The van der Waals surface area contributed by atoms with Crippen LogP contribution in [0.25, 0.3) is 0 Å². The zero-order valence-corrected chi connectivity index (χ0v) is 15.0. The Balaban J connectivity index is 1.81. The van der Waals surface area contributed by atoms with E-state index in [0.29, 0.717) is 25.3 Å². The Morgan fingerprint density at radius 3 is 2.31 bits per heavy atom. The van der Waals surface area contributed by atoms with E-state index >= 15 is 0 Å². The highest BCUT2D eigenvalue weighted by atomic mass is 19.1. The summed E-state index contributed by atoms with van der Waals surface area (Å²) in [4.78, 5) is 25.4. The van der Waals surface area contributed by atoms with Gasteiger partial charge in [-0.15, -0.1) is 0 Å². The maximum absolute atomic E-state index is 12.9. The maximum atomic E-state index is 12.9. The van der Waals surface area contributed by atoms with Gasteiger partial charge in [-0.25, -0.2) is 4.39 Å². The van der Waals surface area contributed by atoms with Crippen molar-refractivity contribution in [3.63, 3.8) is 0 Å². The third-order valence-electron chi connectivity index (χ3n) is 3.98. The van der Waals surface area contributed by atoms with Gasteiger partial charge in [0, 0.05) is 32.1 Å². The van der Waals surface area contributed by atoms with Gasteiger partial charge in [0.05, 0.1) is 7.11 Å². The van der Waals surface area contributed by atoms with Gasteiger partial charge in [0.1, 0.15) is 11.6 Å². The van der Waals surface area contributed by atoms with Crippen LogP contribution >= 0.6 is 0 Å². The van der Waals surface area contributed by atoms with Gasteiger partial charge in [-0.1, -0.05) is 12.1 Å². The molecule has 0 aliphatic carbocycles. The van der Waals surface area contributed by atoms with Crippen LogP contribution in [0.1, 0.15) is 18.9 Å². The molecule has 0 aliphatic heterocycles. The normalized spacial score (nSPS) is 10.3. The maximum Gasteiger partial charge on any atom is 0.223 e. The van der Waals surface area contributed by atoms with Gasteiger partial charge >= 0.3 is 0 Å². The molecule has 0 atom stereocenters. The number of methoxy groups -OCH3 is 1. The van der Waals surface area contributed by atoms with Gasteiger partial charge in [-0.3, -0.25) is 9.59 Å². The first-order valence-corrected chi connectivity index (χ1v) is 8.43. The van der Waals surface area contributed by atoms with Crippen LogP contribution < -0.4 is 15.0 Å². The van der Waals surface area contributed by atoms with Gasteiger partial charge in [0.25, 0.3) is 0 Å². The molecule has 0 saturated heterocycles. The monoisotopic (exact) mass is 358 g/mol. The van der Waals surface area contributed by atoms with Crippen LogP contribution in [0.4, 0.5) is 10.1 Å². The van der Waals surface area contributed by atoms with Crippen LogP contribution in [-0.2, 0) is 16.0 Å². The lowest BCUT2D eigenvalue weighted by atomic mass is 10.1. The van der Waals surface area contributed by atoms with Crippen LogP contribution in [0.15, 0.2) is 48.5 Å². The number of amides is 2. The molecule has 138 valence electrons. The fourth-order valence-corrected chi connectivity index (χ4v) is 2.53. The van der Waals surface area contributed by atoms with E-state index in [0.717, 1.165) is 11.3 Å². The number of halogens is 1. The molecule has 6 heteroatoms. The number of benzene rings is 2. The number of ether oxygens (including phenoxy) is 1. The molecule has 1 N–H and O–H groups in total. The summed E-state index contributed by atoms with van der Waals surface area (Å²) in [5.74, 6) is 0.164. The molecule has 2 aromatic carbocycles. The number of nitrogens with zero attached hydrogens (tertiary/aromatic N) is 1. The number of hydrogen-bond acceptors (Lipinski definition) is 3. The molecule has 0 fully saturated rings. The van der Waals surface area contributed by atoms with Crippen molar-refractivity contribution in [2.45, 2.75) is 19.8 Å². The molecule has 0 spiro atoms. The van der Waals surface area contributed by atoms with Gasteiger partial charge in [-0.05, 0) is 48.4 Å². The second-order valence-electron chi connectivity index (χ2n) is 5.85. The summed E-state index contributed by atoms with van der Waals surface area (Å²) in [6.45, 7) is 2.23. The lowest BCUT2D eigenvalue weighted by Gasteiger charge is -2.21. The summed E-state index contributed by atoms with van der Waals surface area (Å²) < 4.78 is 18.0. The molecule has 0 unspecified atom stereocenters. The minimum absolute atomic E-state index is 0.130. The van der Waals surface area contributed by atoms with Crippen molar-refractivity contribution in [3.05, 3.63) is 59.9 Å². The van der Waals surface area contributed by atoms with Crippen LogP contribution in [0.3, 0.4) is 0 Å². The van der Waals surface area contributed by atoms with E-state index in [4.69, 9.17) is 4.74 Å². The van der Waals surface area contributed by atoms with Gasteiger partial charge in [0.15, 0.2) is 0 Å². The van der Waals surface area contributed by atoms with Crippen LogP contribution in [0, 0.1) is 5.82 Å². The Morgan fingerprint density at radius 1 is 1.08 bits per heavy atom. The van der Waals surface area contributed by atoms with E-state index in [-0.39, 0.29) is 24.1 Å². The smallest absolute Gasteiger partial charge is 0.223 e. The SMILES string of the molecule is COc1ccc(N(CCC(=O)NCCc2ccc(F)cc2)C(C)=O)cc1. The minimum atomic E-state index is -0.277. The summed E-state index contributed by atoms with van der Waals surface area (Å²) in [5, 5.41) is 2.82. The molecule has 0 saturated carbocycles. The largest absolute Gasteiger partial charge is 0.497 e. The van der Waals surface area contributed by atoms with Crippen molar-refractivity contribution >= 4 is 17.5 Å².